The number of hydrogen-bond acceptors (Lipinski definition) is 5. The Morgan fingerprint density at radius 3 is 2.33 bits per heavy atom. The molecular formula is C31H27FN4O3S. The third-order valence-electron chi connectivity index (χ3n) is 5.72. The maximum absolute atomic E-state index is 14.4. The second kappa shape index (κ2) is 13.9. The van der Waals surface area contributed by atoms with Crippen LogP contribution in [-0.4, -0.2) is 28.0 Å². The van der Waals surface area contributed by atoms with Crippen molar-refractivity contribution >= 4 is 46.9 Å². The van der Waals surface area contributed by atoms with Crippen LogP contribution in [0.1, 0.15) is 29.3 Å². The number of halogens is 1. The van der Waals surface area contributed by atoms with Crippen molar-refractivity contribution in [3.8, 4) is 0 Å². The summed E-state index contributed by atoms with van der Waals surface area (Å²) in [5.74, 6) is -1.81. The van der Waals surface area contributed by atoms with Crippen LogP contribution in [0.2, 0.25) is 0 Å². The van der Waals surface area contributed by atoms with Gasteiger partial charge in [0.05, 0.1) is 5.25 Å². The second-order valence-electron chi connectivity index (χ2n) is 8.62. The van der Waals surface area contributed by atoms with Gasteiger partial charge in [0.1, 0.15) is 11.5 Å². The Hall–Kier alpha value is -4.76. The van der Waals surface area contributed by atoms with E-state index in [1.165, 1.54) is 30.0 Å². The molecule has 40 heavy (non-hydrogen) atoms. The molecule has 0 aliphatic heterocycles. The van der Waals surface area contributed by atoms with Crippen LogP contribution in [0.5, 0.6) is 0 Å². The molecule has 9 heteroatoms. The number of benzene rings is 3. The highest BCUT2D eigenvalue weighted by atomic mass is 32.2. The van der Waals surface area contributed by atoms with E-state index >= 15 is 0 Å². The molecule has 0 radical (unpaired) electrons. The van der Waals surface area contributed by atoms with Crippen LogP contribution in [0.15, 0.2) is 114 Å². The number of carbonyl (C=O) groups is 3. The summed E-state index contributed by atoms with van der Waals surface area (Å²) in [6, 6.07) is 24.9. The van der Waals surface area contributed by atoms with Crippen molar-refractivity contribution in [1.82, 2.24) is 10.3 Å². The molecule has 1 atom stereocenters. The van der Waals surface area contributed by atoms with E-state index in [4.69, 9.17) is 0 Å². The molecule has 1 unspecified atom stereocenters. The average molecular weight is 555 g/mol. The van der Waals surface area contributed by atoms with Crippen molar-refractivity contribution < 1.29 is 18.8 Å². The number of nitrogens with zero attached hydrogens (tertiary/aromatic N) is 1. The van der Waals surface area contributed by atoms with E-state index in [2.05, 4.69) is 20.9 Å². The fraction of sp³-hybridized carbons (Fsp3) is 0.0968. The van der Waals surface area contributed by atoms with Gasteiger partial charge >= 0.3 is 0 Å². The van der Waals surface area contributed by atoms with Gasteiger partial charge in [-0.05, 0) is 61.0 Å². The van der Waals surface area contributed by atoms with E-state index in [0.717, 1.165) is 4.90 Å². The molecular weight excluding hydrogens is 527 g/mol. The van der Waals surface area contributed by atoms with Gasteiger partial charge in [-0.15, -0.1) is 11.8 Å². The third-order valence-corrected chi connectivity index (χ3v) is 7.07. The predicted octanol–water partition coefficient (Wildman–Crippen LogP) is 6.14. The van der Waals surface area contributed by atoms with Crippen LogP contribution in [-0.2, 0) is 9.59 Å². The van der Waals surface area contributed by atoms with Gasteiger partial charge in [-0.2, -0.15) is 0 Å². The quantitative estimate of drug-likeness (QED) is 0.162. The van der Waals surface area contributed by atoms with E-state index in [9.17, 15) is 18.8 Å². The molecule has 1 aromatic heterocycles. The lowest BCUT2D eigenvalue weighted by atomic mass is 10.1. The fourth-order valence-corrected chi connectivity index (χ4v) is 4.69. The SMILES string of the molecule is CCC(Sc1cccc(NC(=O)/C(=C/c2ccccc2F)NC(=O)c2ccccc2)c1)C(=O)Nc1ccncc1. The Balaban J connectivity index is 1.51. The summed E-state index contributed by atoms with van der Waals surface area (Å²) in [7, 11) is 0. The number of pyridine rings is 1. The largest absolute Gasteiger partial charge is 0.325 e. The highest BCUT2D eigenvalue weighted by Gasteiger charge is 2.19. The number of carbonyl (C=O) groups excluding carboxylic acids is 3. The molecule has 0 saturated heterocycles. The number of hydrogen-bond donors (Lipinski definition) is 3. The summed E-state index contributed by atoms with van der Waals surface area (Å²) in [6.45, 7) is 1.92. The van der Waals surface area contributed by atoms with Crippen LogP contribution in [0.25, 0.3) is 6.08 Å². The van der Waals surface area contributed by atoms with Gasteiger partial charge in [-0.3, -0.25) is 19.4 Å². The summed E-state index contributed by atoms with van der Waals surface area (Å²) in [5, 5.41) is 7.89. The number of rotatable bonds is 10. The van der Waals surface area contributed by atoms with Crippen molar-refractivity contribution in [2.75, 3.05) is 10.6 Å². The van der Waals surface area contributed by atoms with E-state index < -0.39 is 17.6 Å². The zero-order chi connectivity index (χ0) is 28.3. The predicted molar refractivity (Wildman–Crippen MR) is 156 cm³/mol. The normalized spacial score (nSPS) is 11.8. The standard InChI is InChI=1S/C31H27FN4O3S/c1-2-28(31(39)34-23-15-17-33-18-16-23)40-25-13-8-12-24(20-25)35-30(38)27(19-22-11-6-7-14-26(22)32)36-29(37)21-9-4-3-5-10-21/h3-20,28H,2H2,1H3,(H,35,38)(H,36,37)(H,33,34,39)/b27-19-. The Kier molecular flexibility index (Phi) is 9.79. The van der Waals surface area contributed by atoms with Gasteiger partial charge < -0.3 is 16.0 Å². The highest BCUT2D eigenvalue weighted by molar-refractivity contribution is 8.00. The monoisotopic (exact) mass is 554 g/mol. The minimum Gasteiger partial charge on any atom is -0.325 e. The summed E-state index contributed by atoms with van der Waals surface area (Å²) in [6.07, 6.45) is 5.08. The van der Waals surface area contributed by atoms with Crippen molar-refractivity contribution in [3.05, 3.63) is 126 Å². The Morgan fingerprint density at radius 2 is 1.60 bits per heavy atom. The van der Waals surface area contributed by atoms with Gasteiger partial charge in [0.2, 0.25) is 5.91 Å². The molecule has 0 fully saturated rings. The van der Waals surface area contributed by atoms with Crippen molar-refractivity contribution in [3.63, 3.8) is 0 Å². The zero-order valence-corrected chi connectivity index (χ0v) is 22.5. The third kappa shape index (κ3) is 7.87. The molecule has 3 aromatic carbocycles. The number of aromatic nitrogens is 1. The minimum absolute atomic E-state index is 0.125. The van der Waals surface area contributed by atoms with Crippen molar-refractivity contribution in [2.45, 2.75) is 23.5 Å². The van der Waals surface area contributed by atoms with Gasteiger partial charge in [0, 0.05) is 39.8 Å². The molecule has 0 bridgehead atoms. The van der Waals surface area contributed by atoms with E-state index in [0.29, 0.717) is 23.4 Å². The van der Waals surface area contributed by atoms with Crippen LogP contribution < -0.4 is 16.0 Å². The number of anilines is 2. The topological polar surface area (TPSA) is 100 Å². The lowest BCUT2D eigenvalue weighted by Crippen LogP contribution is -2.30. The molecule has 4 rings (SSSR count). The fourth-order valence-electron chi connectivity index (χ4n) is 3.68. The molecule has 0 spiro atoms. The van der Waals surface area contributed by atoms with Crippen molar-refractivity contribution in [1.29, 1.82) is 0 Å². The minimum atomic E-state index is -0.628. The first-order valence-corrected chi connectivity index (χ1v) is 13.4. The maximum Gasteiger partial charge on any atom is 0.272 e. The van der Waals surface area contributed by atoms with Crippen LogP contribution in [0.3, 0.4) is 0 Å². The van der Waals surface area contributed by atoms with Crippen LogP contribution >= 0.6 is 11.8 Å². The molecule has 7 nitrogen and oxygen atoms in total. The first-order chi connectivity index (χ1) is 19.4. The summed E-state index contributed by atoms with van der Waals surface area (Å²) >= 11 is 1.37. The van der Waals surface area contributed by atoms with E-state index in [1.54, 1.807) is 85.2 Å². The van der Waals surface area contributed by atoms with Crippen LogP contribution in [0, 0.1) is 5.82 Å². The molecule has 1 heterocycles. The molecule has 0 saturated carbocycles. The molecule has 202 valence electrons. The first-order valence-electron chi connectivity index (χ1n) is 12.5. The summed E-state index contributed by atoms with van der Waals surface area (Å²) in [4.78, 5) is 43.7. The first kappa shape index (κ1) is 28.3. The molecule has 4 aromatic rings. The Morgan fingerprint density at radius 1 is 0.875 bits per heavy atom. The number of amides is 3. The van der Waals surface area contributed by atoms with Gasteiger partial charge in [0.15, 0.2) is 0 Å². The zero-order valence-electron chi connectivity index (χ0n) is 21.6. The Bertz CT molecular complexity index is 1510. The van der Waals surface area contributed by atoms with Crippen molar-refractivity contribution in [2.24, 2.45) is 0 Å². The average Bonchev–Trinajstić information content (AvgIpc) is 2.97. The molecule has 3 amide bonds. The second-order valence-corrected chi connectivity index (χ2v) is 9.90. The number of thioether (sulfide) groups is 1. The Labute approximate surface area is 235 Å². The van der Waals surface area contributed by atoms with Gasteiger partial charge in [-0.25, -0.2) is 4.39 Å². The molecule has 0 aliphatic carbocycles. The smallest absolute Gasteiger partial charge is 0.272 e. The number of nitrogens with one attached hydrogen (secondary N) is 3. The van der Waals surface area contributed by atoms with Gasteiger partial charge in [-0.1, -0.05) is 49.4 Å². The van der Waals surface area contributed by atoms with E-state index in [1.807, 2.05) is 13.0 Å². The van der Waals surface area contributed by atoms with E-state index in [-0.39, 0.29) is 22.4 Å². The molecule has 0 aliphatic rings. The summed E-state index contributed by atoms with van der Waals surface area (Å²) in [5.41, 5.74) is 1.49. The maximum atomic E-state index is 14.4. The lowest BCUT2D eigenvalue weighted by molar-refractivity contribution is -0.116. The lowest BCUT2D eigenvalue weighted by Gasteiger charge is -2.16. The van der Waals surface area contributed by atoms with Gasteiger partial charge in [0.25, 0.3) is 11.8 Å². The highest BCUT2D eigenvalue weighted by Crippen LogP contribution is 2.29. The van der Waals surface area contributed by atoms with Crippen LogP contribution in [0.4, 0.5) is 15.8 Å². The molecule has 3 N–H and O–H groups in total. The summed E-state index contributed by atoms with van der Waals surface area (Å²) < 4.78 is 14.4.